The number of fused-ring (bicyclic) bond motifs is 5. The van der Waals surface area contributed by atoms with E-state index >= 15 is 0 Å². The zero-order valence-electron chi connectivity index (χ0n) is 25.9. The number of nitrogens with two attached hydrogens (primary N) is 2. The van der Waals surface area contributed by atoms with Crippen molar-refractivity contribution < 1.29 is 34.7 Å². The van der Waals surface area contributed by atoms with Gasteiger partial charge in [0.25, 0.3) is 0 Å². The van der Waals surface area contributed by atoms with Gasteiger partial charge in [-0.3, -0.25) is 9.79 Å². The number of carbonyl (C=O) groups excluding carboxylic acids is 1. The molecule has 0 spiro atoms. The molecule has 1 aliphatic carbocycles. The van der Waals surface area contributed by atoms with E-state index in [1.165, 1.54) is 13.2 Å². The zero-order valence-corrected chi connectivity index (χ0v) is 25.9. The normalized spacial score (nSPS) is 20.3. The van der Waals surface area contributed by atoms with Crippen LogP contribution in [0.15, 0.2) is 53.5 Å². The molecule has 0 saturated heterocycles. The molecule has 242 valence electrons. The summed E-state index contributed by atoms with van der Waals surface area (Å²) in [6.07, 6.45) is 0.307. The van der Waals surface area contributed by atoms with Crippen LogP contribution >= 0.6 is 0 Å². The molecular formula is C36H41N3O7. The Morgan fingerprint density at radius 1 is 1.04 bits per heavy atom. The first-order valence-electron chi connectivity index (χ1n) is 15.5. The number of Topliss-reactive ketones (excluding diaryl/α,β-unsaturated/α-hetero) is 1. The number of ether oxygens (including phenoxy) is 2. The van der Waals surface area contributed by atoms with Crippen molar-refractivity contribution >= 4 is 11.7 Å². The lowest BCUT2D eigenvalue weighted by atomic mass is 9.78. The minimum atomic E-state index is -1.24. The molecule has 0 saturated carbocycles. The predicted molar refractivity (Wildman–Crippen MR) is 174 cm³/mol. The molecule has 3 aromatic carbocycles. The number of carbonyl (C=O) groups is 1. The second-order valence-electron chi connectivity index (χ2n) is 12.0. The van der Waals surface area contributed by atoms with Gasteiger partial charge in [-0.15, -0.1) is 0 Å². The third-order valence-corrected chi connectivity index (χ3v) is 8.83. The van der Waals surface area contributed by atoms with Gasteiger partial charge < -0.3 is 41.4 Å². The highest BCUT2D eigenvalue weighted by Crippen LogP contribution is 2.45. The molecule has 46 heavy (non-hydrogen) atoms. The minimum Gasteiger partial charge on any atom is -0.504 e. The Kier molecular flexibility index (Phi) is 10.4. The zero-order chi connectivity index (χ0) is 32.8. The van der Waals surface area contributed by atoms with Crippen molar-refractivity contribution in [2.75, 3.05) is 13.7 Å². The van der Waals surface area contributed by atoms with Crippen molar-refractivity contribution in [1.29, 1.82) is 0 Å². The maximum Gasteiger partial charge on any atom is 0.201 e. The Balaban J connectivity index is 1.54. The van der Waals surface area contributed by atoms with Crippen LogP contribution in [0.4, 0.5) is 0 Å². The number of phenolic OH excluding ortho intramolecular Hbond substituents is 2. The predicted octanol–water partition coefficient (Wildman–Crippen LogP) is 2.90. The van der Waals surface area contributed by atoms with Crippen molar-refractivity contribution in [3.63, 3.8) is 0 Å². The number of aliphatic hydroxyl groups excluding tert-OH is 2. The topological polar surface area (TPSA) is 181 Å². The standard InChI is InChI=1S/C36H41N3O7/c1-45-33-28-9-5-8-24-17-23(11-14-27(41)18-26(40)13-10-22(28)12-15-31(33)42)29-19-30(35(44)46-34(29)32(24)43)25(20-39-36(37)38)16-21-6-3-2-4-7-21/h2-4,6-7,12,15,17,25,27,30,35,41-44H,8,10-11,13-14,16,18-20H2,1H3,(H4,37,38,39). The van der Waals surface area contributed by atoms with Gasteiger partial charge >= 0.3 is 0 Å². The SMILES string of the molecule is COc1c(O)ccc2c1C#CCc1cc(c3c(c1O)OC(O)C(C(CN=C(N)N)Cc1ccccc1)C3)CCC(O)CC(=O)CC2. The lowest BCUT2D eigenvalue weighted by molar-refractivity contribution is -0.121. The van der Waals surface area contributed by atoms with Crippen molar-refractivity contribution in [2.45, 2.75) is 63.8 Å². The Labute approximate surface area is 268 Å². The third-order valence-electron chi connectivity index (χ3n) is 8.83. The number of hydrogen-bond acceptors (Lipinski definition) is 8. The minimum absolute atomic E-state index is 0.00113. The molecule has 8 N–H and O–H groups in total. The van der Waals surface area contributed by atoms with Crippen LogP contribution in [0.3, 0.4) is 0 Å². The smallest absolute Gasteiger partial charge is 0.201 e. The van der Waals surface area contributed by atoms with Crippen LogP contribution in [0.5, 0.6) is 23.0 Å². The number of aliphatic imine (C=N–C) groups is 1. The number of guanidine groups is 1. The van der Waals surface area contributed by atoms with Crippen molar-refractivity contribution in [3.8, 4) is 34.8 Å². The van der Waals surface area contributed by atoms with E-state index in [0.29, 0.717) is 43.2 Å². The van der Waals surface area contributed by atoms with Gasteiger partial charge in [0.05, 0.1) is 18.8 Å². The Hall–Kier alpha value is -4.72. The van der Waals surface area contributed by atoms with E-state index in [2.05, 4.69) is 16.8 Å². The van der Waals surface area contributed by atoms with Gasteiger partial charge in [0.1, 0.15) is 5.78 Å². The summed E-state index contributed by atoms with van der Waals surface area (Å²) in [5.74, 6) is 5.65. The lowest BCUT2D eigenvalue weighted by Gasteiger charge is -2.36. The Morgan fingerprint density at radius 3 is 2.57 bits per heavy atom. The van der Waals surface area contributed by atoms with Crippen LogP contribution in [0.2, 0.25) is 0 Å². The van der Waals surface area contributed by atoms with Gasteiger partial charge in [-0.1, -0.05) is 54.3 Å². The van der Waals surface area contributed by atoms with Crippen LogP contribution in [-0.2, 0) is 36.9 Å². The number of aryl methyl sites for hydroxylation is 2. The molecule has 4 unspecified atom stereocenters. The average molecular weight is 628 g/mol. The summed E-state index contributed by atoms with van der Waals surface area (Å²) in [6, 6.07) is 14.9. The number of rotatable bonds is 6. The number of benzene rings is 3. The van der Waals surface area contributed by atoms with Gasteiger partial charge in [0.2, 0.25) is 6.29 Å². The molecule has 3 aromatic rings. The maximum atomic E-state index is 12.8. The summed E-state index contributed by atoms with van der Waals surface area (Å²) in [7, 11) is 1.44. The third kappa shape index (κ3) is 7.56. The van der Waals surface area contributed by atoms with Crippen molar-refractivity contribution in [2.24, 2.45) is 28.3 Å². The first kappa shape index (κ1) is 32.7. The fourth-order valence-electron chi connectivity index (χ4n) is 6.40. The Morgan fingerprint density at radius 2 is 1.83 bits per heavy atom. The highest BCUT2D eigenvalue weighted by molar-refractivity contribution is 5.79. The molecule has 4 atom stereocenters. The average Bonchev–Trinajstić information content (AvgIpc) is 3.03. The number of ketones is 1. The summed E-state index contributed by atoms with van der Waals surface area (Å²) in [4.78, 5) is 17.1. The fourth-order valence-corrected chi connectivity index (χ4v) is 6.40. The number of aliphatic hydroxyl groups is 2. The van der Waals surface area contributed by atoms with E-state index in [-0.39, 0.29) is 66.5 Å². The van der Waals surface area contributed by atoms with Crippen LogP contribution in [0.1, 0.15) is 52.6 Å². The molecule has 0 fully saturated rings. The molecule has 10 nitrogen and oxygen atoms in total. The van der Waals surface area contributed by atoms with Crippen molar-refractivity contribution in [1.82, 2.24) is 0 Å². The maximum absolute atomic E-state index is 12.8. The first-order chi connectivity index (χ1) is 22.1. The molecular weight excluding hydrogens is 586 g/mol. The summed E-state index contributed by atoms with van der Waals surface area (Å²) in [6.45, 7) is 0.272. The van der Waals surface area contributed by atoms with E-state index < -0.39 is 18.3 Å². The molecule has 0 amide bonds. The summed E-state index contributed by atoms with van der Waals surface area (Å²) < 4.78 is 11.5. The highest BCUT2D eigenvalue weighted by atomic mass is 16.6. The van der Waals surface area contributed by atoms with E-state index in [1.807, 2.05) is 36.4 Å². The van der Waals surface area contributed by atoms with Crippen LogP contribution < -0.4 is 20.9 Å². The van der Waals surface area contributed by atoms with Gasteiger partial charge in [-0.25, -0.2) is 0 Å². The molecule has 0 radical (unpaired) electrons. The van der Waals surface area contributed by atoms with Gasteiger partial charge in [0.15, 0.2) is 29.0 Å². The van der Waals surface area contributed by atoms with Gasteiger partial charge in [-0.05, 0) is 60.8 Å². The highest BCUT2D eigenvalue weighted by Gasteiger charge is 2.38. The molecule has 1 aliphatic heterocycles. The molecule has 5 rings (SSSR count). The number of methoxy groups -OCH3 is 1. The van der Waals surface area contributed by atoms with Gasteiger partial charge in [-0.2, -0.15) is 0 Å². The molecule has 10 heteroatoms. The molecule has 2 aliphatic rings. The molecule has 2 bridgehead atoms. The second kappa shape index (κ2) is 14.6. The van der Waals surface area contributed by atoms with E-state index in [4.69, 9.17) is 20.9 Å². The summed E-state index contributed by atoms with van der Waals surface area (Å²) in [5, 5.41) is 44.0. The summed E-state index contributed by atoms with van der Waals surface area (Å²) in [5.41, 5.74) is 15.7. The number of phenols is 2. The van der Waals surface area contributed by atoms with Crippen LogP contribution in [-0.4, -0.2) is 58.2 Å². The number of nitrogens with zero attached hydrogens (tertiary/aromatic N) is 1. The number of aromatic hydroxyl groups is 2. The van der Waals surface area contributed by atoms with Crippen LogP contribution in [0, 0.1) is 23.7 Å². The molecule has 0 aromatic heterocycles. The quantitative estimate of drug-likeness (QED) is 0.136. The molecule has 1 heterocycles. The Bertz CT molecular complexity index is 1660. The van der Waals surface area contributed by atoms with Gasteiger partial charge in [0, 0.05) is 42.9 Å². The van der Waals surface area contributed by atoms with E-state index in [0.717, 1.165) is 22.3 Å². The van der Waals surface area contributed by atoms with E-state index in [9.17, 15) is 25.2 Å². The van der Waals surface area contributed by atoms with Crippen LogP contribution in [0.25, 0.3) is 0 Å². The largest absolute Gasteiger partial charge is 0.504 e. The van der Waals surface area contributed by atoms with E-state index in [1.54, 1.807) is 6.07 Å². The summed E-state index contributed by atoms with van der Waals surface area (Å²) >= 11 is 0. The second-order valence-corrected chi connectivity index (χ2v) is 12.0. The first-order valence-corrected chi connectivity index (χ1v) is 15.5. The fraction of sp³-hybridized carbons (Fsp3) is 0.389. The van der Waals surface area contributed by atoms with Crippen molar-refractivity contribution in [3.05, 3.63) is 81.9 Å². The monoisotopic (exact) mass is 627 g/mol. The number of hydrogen-bond donors (Lipinski definition) is 6. The lowest BCUT2D eigenvalue weighted by Crippen LogP contribution is -2.40.